The first-order chi connectivity index (χ1) is 9.09. The van der Waals surface area contributed by atoms with E-state index in [2.05, 4.69) is 15.3 Å². The predicted octanol–water partition coefficient (Wildman–Crippen LogP) is 2.29. The lowest BCUT2D eigenvalue weighted by Gasteiger charge is -2.26. The van der Waals surface area contributed by atoms with Crippen LogP contribution in [0, 0.1) is 5.92 Å². The molecule has 0 spiro atoms. The van der Waals surface area contributed by atoms with Crippen LogP contribution in [0.5, 0.6) is 0 Å². The standard InChI is InChI=1S/C14H15N3O2/c1-14(12(18)19,10-6-7-10)17-13-15-8-9-4-2-3-5-11(9)16-13/h2-5,8,10H,6-7H2,1H3,(H,18,19)(H,15,16,17). The molecule has 0 saturated heterocycles. The summed E-state index contributed by atoms with van der Waals surface area (Å²) in [5.41, 5.74) is -0.175. The van der Waals surface area contributed by atoms with E-state index in [0.29, 0.717) is 5.95 Å². The Hall–Kier alpha value is -2.17. The highest BCUT2D eigenvalue weighted by Gasteiger charge is 2.48. The van der Waals surface area contributed by atoms with Crippen molar-refractivity contribution in [2.24, 2.45) is 5.92 Å². The topological polar surface area (TPSA) is 75.1 Å². The van der Waals surface area contributed by atoms with Gasteiger partial charge in [0, 0.05) is 11.6 Å². The van der Waals surface area contributed by atoms with Crippen molar-refractivity contribution >= 4 is 22.8 Å². The average molecular weight is 257 g/mol. The van der Waals surface area contributed by atoms with E-state index in [4.69, 9.17) is 0 Å². The van der Waals surface area contributed by atoms with E-state index in [9.17, 15) is 9.90 Å². The van der Waals surface area contributed by atoms with Crippen molar-refractivity contribution in [3.8, 4) is 0 Å². The predicted molar refractivity (Wildman–Crippen MR) is 71.9 cm³/mol. The maximum Gasteiger partial charge on any atom is 0.329 e. The van der Waals surface area contributed by atoms with Gasteiger partial charge in [0.15, 0.2) is 0 Å². The molecule has 1 saturated carbocycles. The third-order valence-electron chi connectivity index (χ3n) is 3.70. The van der Waals surface area contributed by atoms with Crippen LogP contribution in [0.1, 0.15) is 19.8 Å². The third-order valence-corrected chi connectivity index (χ3v) is 3.70. The number of benzene rings is 1. The lowest BCUT2D eigenvalue weighted by Crippen LogP contribution is -2.46. The number of nitrogens with zero attached hydrogens (tertiary/aromatic N) is 2. The van der Waals surface area contributed by atoms with Crippen LogP contribution >= 0.6 is 0 Å². The summed E-state index contributed by atoms with van der Waals surface area (Å²) in [5, 5.41) is 13.3. The molecule has 98 valence electrons. The fourth-order valence-electron chi connectivity index (χ4n) is 2.26. The number of hydrogen-bond acceptors (Lipinski definition) is 4. The molecule has 1 unspecified atom stereocenters. The zero-order valence-electron chi connectivity index (χ0n) is 10.6. The van der Waals surface area contributed by atoms with Gasteiger partial charge in [0.1, 0.15) is 5.54 Å². The fraction of sp³-hybridized carbons (Fsp3) is 0.357. The van der Waals surface area contributed by atoms with Crippen molar-refractivity contribution in [2.75, 3.05) is 5.32 Å². The molecule has 1 heterocycles. The largest absolute Gasteiger partial charge is 0.480 e. The lowest BCUT2D eigenvalue weighted by atomic mass is 9.96. The number of carbonyl (C=O) groups is 1. The summed E-state index contributed by atoms with van der Waals surface area (Å²) in [7, 11) is 0. The summed E-state index contributed by atoms with van der Waals surface area (Å²) in [5.74, 6) is -0.331. The monoisotopic (exact) mass is 257 g/mol. The Morgan fingerprint density at radius 2 is 2.16 bits per heavy atom. The smallest absolute Gasteiger partial charge is 0.329 e. The first-order valence-electron chi connectivity index (χ1n) is 6.33. The van der Waals surface area contributed by atoms with Crippen molar-refractivity contribution in [1.82, 2.24) is 9.97 Å². The summed E-state index contributed by atoms with van der Waals surface area (Å²) < 4.78 is 0. The van der Waals surface area contributed by atoms with Crippen LogP contribution in [0.4, 0.5) is 5.95 Å². The van der Waals surface area contributed by atoms with Gasteiger partial charge in [0.05, 0.1) is 5.52 Å². The van der Waals surface area contributed by atoms with Crippen LogP contribution in [-0.4, -0.2) is 26.6 Å². The maximum absolute atomic E-state index is 11.5. The fourth-order valence-corrected chi connectivity index (χ4v) is 2.26. The van der Waals surface area contributed by atoms with Crippen LogP contribution in [0.15, 0.2) is 30.5 Å². The molecule has 2 aromatic rings. The van der Waals surface area contributed by atoms with Crippen LogP contribution < -0.4 is 5.32 Å². The highest BCUT2D eigenvalue weighted by molar-refractivity contribution is 5.83. The zero-order valence-corrected chi connectivity index (χ0v) is 10.6. The van der Waals surface area contributed by atoms with Crippen molar-refractivity contribution < 1.29 is 9.90 Å². The first-order valence-corrected chi connectivity index (χ1v) is 6.33. The molecule has 3 rings (SSSR count). The summed E-state index contributed by atoms with van der Waals surface area (Å²) in [4.78, 5) is 20.0. The molecule has 1 aliphatic rings. The van der Waals surface area contributed by atoms with E-state index >= 15 is 0 Å². The molecule has 0 bridgehead atoms. The van der Waals surface area contributed by atoms with Crippen LogP contribution in [-0.2, 0) is 4.79 Å². The molecule has 1 aromatic carbocycles. The molecule has 1 fully saturated rings. The molecule has 1 aromatic heterocycles. The molecule has 5 heteroatoms. The van der Waals surface area contributed by atoms with Gasteiger partial charge in [0.2, 0.25) is 5.95 Å². The lowest BCUT2D eigenvalue weighted by molar-refractivity contribution is -0.142. The molecule has 1 aliphatic carbocycles. The summed E-state index contributed by atoms with van der Waals surface area (Å²) >= 11 is 0. The van der Waals surface area contributed by atoms with Crippen LogP contribution in [0.3, 0.4) is 0 Å². The summed E-state index contributed by atoms with van der Waals surface area (Å²) in [6.45, 7) is 1.70. The third kappa shape index (κ3) is 2.12. The number of carboxylic acids is 1. The van der Waals surface area contributed by atoms with E-state index in [1.54, 1.807) is 13.1 Å². The minimum absolute atomic E-state index is 0.153. The molecular formula is C14H15N3O2. The quantitative estimate of drug-likeness (QED) is 0.879. The van der Waals surface area contributed by atoms with Gasteiger partial charge in [-0.2, -0.15) is 0 Å². The van der Waals surface area contributed by atoms with Crippen LogP contribution in [0.25, 0.3) is 10.9 Å². The Morgan fingerprint density at radius 1 is 1.42 bits per heavy atom. The molecule has 2 N–H and O–H groups in total. The van der Waals surface area contributed by atoms with Crippen molar-refractivity contribution in [3.05, 3.63) is 30.5 Å². The van der Waals surface area contributed by atoms with Gasteiger partial charge in [-0.1, -0.05) is 18.2 Å². The second-order valence-electron chi connectivity index (χ2n) is 5.16. The molecule has 5 nitrogen and oxygen atoms in total. The average Bonchev–Trinajstić information content (AvgIpc) is 3.23. The van der Waals surface area contributed by atoms with E-state index in [0.717, 1.165) is 23.7 Å². The normalized spacial score (nSPS) is 17.9. The number of carboxylic acid groups (broad SMARTS) is 1. The molecular weight excluding hydrogens is 242 g/mol. The minimum atomic E-state index is -0.984. The van der Waals surface area contributed by atoms with Gasteiger partial charge < -0.3 is 10.4 Å². The molecule has 19 heavy (non-hydrogen) atoms. The number of hydrogen-bond donors (Lipinski definition) is 2. The maximum atomic E-state index is 11.5. The molecule has 1 atom stereocenters. The first kappa shape index (κ1) is 11.9. The van der Waals surface area contributed by atoms with Gasteiger partial charge in [-0.3, -0.25) is 0 Å². The van der Waals surface area contributed by atoms with Gasteiger partial charge in [-0.05, 0) is 31.7 Å². The number of anilines is 1. The number of para-hydroxylation sites is 1. The van der Waals surface area contributed by atoms with Crippen molar-refractivity contribution in [3.63, 3.8) is 0 Å². The highest BCUT2D eigenvalue weighted by Crippen LogP contribution is 2.41. The van der Waals surface area contributed by atoms with Gasteiger partial charge >= 0.3 is 5.97 Å². The minimum Gasteiger partial charge on any atom is -0.480 e. The Morgan fingerprint density at radius 3 is 2.84 bits per heavy atom. The van der Waals surface area contributed by atoms with E-state index in [-0.39, 0.29) is 5.92 Å². The Kier molecular flexibility index (Phi) is 2.62. The molecule has 0 aliphatic heterocycles. The number of rotatable bonds is 4. The van der Waals surface area contributed by atoms with Crippen LogP contribution in [0.2, 0.25) is 0 Å². The van der Waals surface area contributed by atoms with E-state index in [1.165, 1.54) is 0 Å². The Bertz CT molecular complexity index is 639. The number of aliphatic carboxylic acids is 1. The van der Waals surface area contributed by atoms with Gasteiger partial charge in [0.25, 0.3) is 0 Å². The second kappa shape index (κ2) is 4.19. The van der Waals surface area contributed by atoms with Crippen molar-refractivity contribution in [2.45, 2.75) is 25.3 Å². The second-order valence-corrected chi connectivity index (χ2v) is 5.16. The Balaban J connectivity index is 1.93. The SMILES string of the molecule is CC(Nc1ncc2ccccc2n1)(C(=O)O)C1CC1. The number of fused-ring (bicyclic) bond motifs is 1. The van der Waals surface area contributed by atoms with Crippen molar-refractivity contribution in [1.29, 1.82) is 0 Å². The number of aromatic nitrogens is 2. The number of nitrogens with one attached hydrogen (secondary N) is 1. The highest BCUT2D eigenvalue weighted by atomic mass is 16.4. The van der Waals surface area contributed by atoms with E-state index < -0.39 is 11.5 Å². The molecule has 0 radical (unpaired) electrons. The Labute approximate surface area is 110 Å². The van der Waals surface area contributed by atoms with Gasteiger partial charge in [-0.15, -0.1) is 0 Å². The van der Waals surface area contributed by atoms with Gasteiger partial charge in [-0.25, -0.2) is 14.8 Å². The summed E-state index contributed by atoms with van der Waals surface area (Å²) in [6, 6.07) is 7.63. The van der Waals surface area contributed by atoms with E-state index in [1.807, 2.05) is 24.3 Å². The zero-order chi connectivity index (χ0) is 13.5. The molecule has 0 amide bonds. The summed E-state index contributed by atoms with van der Waals surface area (Å²) in [6.07, 6.45) is 3.58.